The molecule has 1 atom stereocenters. The molecule has 0 spiro atoms. The quantitative estimate of drug-likeness (QED) is 0.713. The molecule has 0 radical (unpaired) electrons. The van der Waals surface area contributed by atoms with Crippen LogP contribution in [-0.2, 0) is 11.2 Å². The SMILES string of the molecule is CCC(CNC(=O)NCCc1cccc(F)c1)C(=O)O. The zero-order valence-corrected chi connectivity index (χ0v) is 11.4. The Morgan fingerprint density at radius 3 is 2.70 bits per heavy atom. The topological polar surface area (TPSA) is 78.4 Å². The van der Waals surface area contributed by atoms with Crippen LogP contribution in [-0.4, -0.2) is 30.2 Å². The third-order valence-corrected chi connectivity index (χ3v) is 2.94. The molecule has 0 aliphatic carbocycles. The molecule has 0 heterocycles. The molecule has 0 aliphatic rings. The van der Waals surface area contributed by atoms with Gasteiger partial charge in [-0.2, -0.15) is 0 Å². The first-order chi connectivity index (χ1) is 9.52. The standard InChI is InChI=1S/C14H19FN2O3/c1-2-11(13(18)19)9-17-14(20)16-7-6-10-4-3-5-12(15)8-10/h3-5,8,11H,2,6-7,9H2,1H3,(H,18,19)(H2,16,17,20). The van der Waals surface area contributed by atoms with E-state index in [0.29, 0.717) is 19.4 Å². The Kier molecular flexibility index (Phi) is 6.49. The summed E-state index contributed by atoms with van der Waals surface area (Å²) in [7, 11) is 0. The third kappa shape index (κ3) is 5.69. The third-order valence-electron chi connectivity index (χ3n) is 2.94. The van der Waals surface area contributed by atoms with Crippen LogP contribution in [0.2, 0.25) is 0 Å². The van der Waals surface area contributed by atoms with Crippen LogP contribution >= 0.6 is 0 Å². The van der Waals surface area contributed by atoms with Crippen molar-refractivity contribution in [3.05, 3.63) is 35.6 Å². The predicted octanol–water partition coefficient (Wildman–Crippen LogP) is 1.78. The molecule has 1 unspecified atom stereocenters. The molecule has 0 aliphatic heterocycles. The molecule has 6 heteroatoms. The van der Waals surface area contributed by atoms with E-state index in [1.165, 1.54) is 12.1 Å². The van der Waals surface area contributed by atoms with Gasteiger partial charge in [-0.1, -0.05) is 19.1 Å². The fourth-order valence-corrected chi connectivity index (χ4v) is 1.70. The van der Waals surface area contributed by atoms with Crippen LogP contribution in [0.25, 0.3) is 0 Å². The highest BCUT2D eigenvalue weighted by molar-refractivity contribution is 5.75. The van der Waals surface area contributed by atoms with Gasteiger partial charge in [0.2, 0.25) is 0 Å². The molecule has 1 rings (SSSR count). The first kappa shape index (κ1) is 15.9. The molecular weight excluding hydrogens is 263 g/mol. The molecule has 1 aromatic rings. The largest absolute Gasteiger partial charge is 0.481 e. The minimum atomic E-state index is -0.924. The molecule has 2 amide bonds. The Hall–Kier alpha value is -2.11. The molecular formula is C14H19FN2O3. The summed E-state index contributed by atoms with van der Waals surface area (Å²) < 4.78 is 12.9. The van der Waals surface area contributed by atoms with E-state index in [0.717, 1.165) is 5.56 Å². The summed E-state index contributed by atoms with van der Waals surface area (Å²) in [4.78, 5) is 22.2. The van der Waals surface area contributed by atoms with Crippen molar-refractivity contribution >= 4 is 12.0 Å². The fraction of sp³-hybridized carbons (Fsp3) is 0.429. The number of hydrogen-bond donors (Lipinski definition) is 3. The number of carboxylic acids is 1. The summed E-state index contributed by atoms with van der Waals surface area (Å²) in [6, 6.07) is 5.75. The van der Waals surface area contributed by atoms with Crippen molar-refractivity contribution in [3.8, 4) is 0 Å². The van der Waals surface area contributed by atoms with Crippen LogP contribution in [0.15, 0.2) is 24.3 Å². The molecule has 20 heavy (non-hydrogen) atoms. The average molecular weight is 282 g/mol. The van der Waals surface area contributed by atoms with Crippen molar-refractivity contribution in [1.82, 2.24) is 10.6 Å². The Labute approximate surface area is 117 Å². The number of rotatable bonds is 7. The summed E-state index contributed by atoms with van der Waals surface area (Å²) in [5.74, 6) is -1.81. The maximum atomic E-state index is 12.9. The van der Waals surface area contributed by atoms with Crippen molar-refractivity contribution in [2.45, 2.75) is 19.8 Å². The van der Waals surface area contributed by atoms with E-state index >= 15 is 0 Å². The van der Waals surface area contributed by atoms with Gasteiger partial charge in [0.15, 0.2) is 0 Å². The van der Waals surface area contributed by atoms with Crippen molar-refractivity contribution in [1.29, 1.82) is 0 Å². The lowest BCUT2D eigenvalue weighted by molar-refractivity contribution is -0.141. The van der Waals surface area contributed by atoms with E-state index in [1.807, 2.05) is 0 Å². The van der Waals surface area contributed by atoms with Gasteiger partial charge in [-0.3, -0.25) is 4.79 Å². The summed E-state index contributed by atoms with van der Waals surface area (Å²) in [6.45, 7) is 2.21. The second-order valence-corrected chi connectivity index (χ2v) is 4.46. The second kappa shape index (κ2) is 8.14. The Bertz CT molecular complexity index is 465. The number of carbonyl (C=O) groups is 2. The number of carbonyl (C=O) groups excluding carboxylic acids is 1. The van der Waals surface area contributed by atoms with Gasteiger partial charge in [-0.15, -0.1) is 0 Å². The van der Waals surface area contributed by atoms with Crippen LogP contribution < -0.4 is 10.6 Å². The van der Waals surface area contributed by atoms with Gasteiger partial charge in [0.25, 0.3) is 0 Å². The van der Waals surface area contributed by atoms with Crippen LogP contribution in [0.4, 0.5) is 9.18 Å². The van der Waals surface area contributed by atoms with Gasteiger partial charge in [-0.05, 0) is 30.5 Å². The van der Waals surface area contributed by atoms with Crippen LogP contribution in [0.1, 0.15) is 18.9 Å². The fourth-order valence-electron chi connectivity index (χ4n) is 1.70. The average Bonchev–Trinajstić information content (AvgIpc) is 2.39. The van der Waals surface area contributed by atoms with E-state index in [1.54, 1.807) is 19.1 Å². The summed E-state index contributed by atoms with van der Waals surface area (Å²) >= 11 is 0. The normalized spacial score (nSPS) is 11.7. The van der Waals surface area contributed by atoms with E-state index in [2.05, 4.69) is 10.6 Å². The van der Waals surface area contributed by atoms with Crippen LogP contribution in [0.3, 0.4) is 0 Å². The van der Waals surface area contributed by atoms with E-state index < -0.39 is 17.9 Å². The maximum absolute atomic E-state index is 12.9. The van der Waals surface area contributed by atoms with Crippen molar-refractivity contribution in [3.63, 3.8) is 0 Å². The second-order valence-electron chi connectivity index (χ2n) is 4.46. The number of benzene rings is 1. The van der Waals surface area contributed by atoms with Crippen LogP contribution in [0.5, 0.6) is 0 Å². The number of carboxylic acid groups (broad SMARTS) is 1. The molecule has 3 N–H and O–H groups in total. The molecule has 110 valence electrons. The first-order valence-corrected chi connectivity index (χ1v) is 6.52. The number of urea groups is 1. The molecule has 0 saturated heterocycles. The van der Waals surface area contributed by atoms with Gasteiger partial charge in [-0.25, -0.2) is 9.18 Å². The van der Waals surface area contributed by atoms with Gasteiger partial charge < -0.3 is 15.7 Å². The summed E-state index contributed by atoms with van der Waals surface area (Å²) in [5, 5.41) is 13.9. The molecule has 0 fully saturated rings. The monoisotopic (exact) mass is 282 g/mol. The number of amides is 2. The van der Waals surface area contributed by atoms with E-state index in [-0.39, 0.29) is 12.4 Å². The lowest BCUT2D eigenvalue weighted by Crippen LogP contribution is -2.40. The molecule has 5 nitrogen and oxygen atoms in total. The van der Waals surface area contributed by atoms with E-state index in [9.17, 15) is 14.0 Å². The van der Waals surface area contributed by atoms with Gasteiger partial charge in [0, 0.05) is 13.1 Å². The highest BCUT2D eigenvalue weighted by Crippen LogP contribution is 2.03. The Morgan fingerprint density at radius 2 is 2.10 bits per heavy atom. The summed E-state index contributed by atoms with van der Waals surface area (Å²) in [5.41, 5.74) is 0.794. The number of hydrogen-bond acceptors (Lipinski definition) is 2. The highest BCUT2D eigenvalue weighted by Gasteiger charge is 2.15. The maximum Gasteiger partial charge on any atom is 0.314 e. The van der Waals surface area contributed by atoms with Gasteiger partial charge in [0.1, 0.15) is 5.82 Å². The minimum absolute atomic E-state index is 0.0949. The van der Waals surface area contributed by atoms with Crippen molar-refractivity contribution in [2.24, 2.45) is 5.92 Å². The van der Waals surface area contributed by atoms with Crippen LogP contribution in [0, 0.1) is 11.7 Å². The number of aliphatic carboxylic acids is 1. The number of halogens is 1. The predicted molar refractivity (Wildman–Crippen MR) is 72.9 cm³/mol. The highest BCUT2D eigenvalue weighted by atomic mass is 19.1. The van der Waals surface area contributed by atoms with Crippen molar-refractivity contribution < 1.29 is 19.1 Å². The molecule has 0 bridgehead atoms. The summed E-state index contributed by atoms with van der Waals surface area (Å²) in [6.07, 6.45) is 0.972. The van der Waals surface area contributed by atoms with Crippen molar-refractivity contribution in [2.75, 3.05) is 13.1 Å². The first-order valence-electron chi connectivity index (χ1n) is 6.52. The zero-order chi connectivity index (χ0) is 15.0. The lowest BCUT2D eigenvalue weighted by atomic mass is 10.1. The molecule has 0 aromatic heterocycles. The Morgan fingerprint density at radius 1 is 1.35 bits per heavy atom. The zero-order valence-electron chi connectivity index (χ0n) is 11.4. The Balaban J connectivity index is 2.25. The molecule has 1 aromatic carbocycles. The lowest BCUT2D eigenvalue weighted by Gasteiger charge is -2.12. The molecule has 0 saturated carbocycles. The number of nitrogens with one attached hydrogen (secondary N) is 2. The van der Waals surface area contributed by atoms with Gasteiger partial charge in [0.05, 0.1) is 5.92 Å². The smallest absolute Gasteiger partial charge is 0.314 e. The van der Waals surface area contributed by atoms with Gasteiger partial charge >= 0.3 is 12.0 Å². The van der Waals surface area contributed by atoms with E-state index in [4.69, 9.17) is 5.11 Å². The minimum Gasteiger partial charge on any atom is -0.481 e.